The number of hydrogen-bond acceptors (Lipinski definition) is 3. The van der Waals surface area contributed by atoms with Gasteiger partial charge >= 0.3 is 0 Å². The van der Waals surface area contributed by atoms with E-state index < -0.39 is 0 Å². The minimum absolute atomic E-state index is 0.0667. The second kappa shape index (κ2) is 6.94. The van der Waals surface area contributed by atoms with E-state index in [1.54, 1.807) is 6.07 Å². The Bertz CT molecular complexity index is 1310. The standard InChI is InChI=1S/C23H27N3O3/c1-13(2)11-17-19-22(26(25-23(19)28)14-7-5-3-4-6-8-14)24-20-16-10-9-15(27)12-18(16)29-21(17)20/h9-10,12-14,24H,3-8,11H2,1-2H3,(H,25,28). The van der Waals surface area contributed by atoms with Crippen LogP contribution in [0, 0.1) is 5.92 Å². The van der Waals surface area contributed by atoms with Gasteiger partial charge in [0.1, 0.15) is 11.2 Å². The van der Waals surface area contributed by atoms with Gasteiger partial charge in [-0.25, -0.2) is 0 Å². The molecule has 152 valence electrons. The molecule has 5 rings (SSSR count). The van der Waals surface area contributed by atoms with Gasteiger partial charge in [0.05, 0.1) is 16.9 Å². The lowest BCUT2D eigenvalue weighted by Crippen LogP contribution is -2.13. The zero-order chi connectivity index (χ0) is 20.1. The van der Waals surface area contributed by atoms with Crippen LogP contribution in [0.4, 0.5) is 0 Å². The van der Waals surface area contributed by atoms with E-state index in [4.69, 9.17) is 4.42 Å². The van der Waals surface area contributed by atoms with Crippen molar-refractivity contribution >= 4 is 33.1 Å². The summed E-state index contributed by atoms with van der Waals surface area (Å²) in [4.78, 5) is 28.4. The number of aromatic nitrogens is 3. The highest BCUT2D eigenvalue weighted by molar-refractivity contribution is 6.07. The molecule has 6 heteroatoms. The van der Waals surface area contributed by atoms with E-state index in [1.165, 1.54) is 31.7 Å². The first-order valence-corrected chi connectivity index (χ1v) is 10.7. The number of aromatic amines is 2. The van der Waals surface area contributed by atoms with E-state index in [0.29, 0.717) is 28.5 Å². The second-order valence-corrected chi connectivity index (χ2v) is 8.85. The molecule has 1 aliphatic carbocycles. The number of furan rings is 1. The highest BCUT2D eigenvalue weighted by atomic mass is 16.3. The minimum atomic E-state index is -0.0765. The van der Waals surface area contributed by atoms with Gasteiger partial charge in [-0.1, -0.05) is 39.5 Å². The van der Waals surface area contributed by atoms with Crippen molar-refractivity contribution in [2.45, 2.75) is 64.8 Å². The quantitative estimate of drug-likeness (QED) is 0.480. The average molecular weight is 393 g/mol. The Labute approximate surface area is 167 Å². The molecule has 1 aliphatic rings. The minimum Gasteiger partial charge on any atom is -0.454 e. The Kier molecular flexibility index (Phi) is 4.37. The third-order valence-corrected chi connectivity index (χ3v) is 6.21. The number of nitrogens with zero attached hydrogens (tertiary/aromatic N) is 1. The van der Waals surface area contributed by atoms with Crippen LogP contribution in [-0.4, -0.2) is 14.8 Å². The van der Waals surface area contributed by atoms with Crippen molar-refractivity contribution < 1.29 is 4.42 Å². The fourth-order valence-electron chi connectivity index (χ4n) is 4.89. The highest BCUT2D eigenvalue weighted by Crippen LogP contribution is 2.35. The van der Waals surface area contributed by atoms with E-state index in [0.717, 1.165) is 41.4 Å². The number of nitrogens with one attached hydrogen (secondary N) is 2. The molecule has 0 radical (unpaired) electrons. The number of hydrogen-bond donors (Lipinski definition) is 2. The Morgan fingerprint density at radius 1 is 1.14 bits per heavy atom. The van der Waals surface area contributed by atoms with Crippen LogP contribution in [0.1, 0.15) is 64.0 Å². The van der Waals surface area contributed by atoms with Crippen molar-refractivity contribution in [3.05, 3.63) is 44.3 Å². The molecule has 0 saturated heterocycles. The molecule has 3 heterocycles. The van der Waals surface area contributed by atoms with Crippen molar-refractivity contribution in [2.24, 2.45) is 5.92 Å². The summed E-state index contributed by atoms with van der Waals surface area (Å²) in [5, 5.41) is 4.70. The van der Waals surface area contributed by atoms with Crippen LogP contribution in [0.15, 0.2) is 32.2 Å². The number of pyridine rings is 1. The largest absolute Gasteiger partial charge is 0.454 e. The van der Waals surface area contributed by atoms with Gasteiger partial charge in [-0.3, -0.25) is 19.4 Å². The first kappa shape index (κ1) is 18.3. The van der Waals surface area contributed by atoms with E-state index in [1.807, 2.05) is 6.07 Å². The SMILES string of the molecule is CC(C)Cc1c2oc3cc(=O)ccc3c2[nH]c2c1c(=O)[nH]n2C1CCCCCC1. The predicted octanol–water partition coefficient (Wildman–Crippen LogP) is 5.01. The summed E-state index contributed by atoms with van der Waals surface area (Å²) >= 11 is 0. The van der Waals surface area contributed by atoms with Gasteiger partial charge in [0.15, 0.2) is 11.0 Å². The maximum atomic E-state index is 13.1. The predicted molar refractivity (Wildman–Crippen MR) is 116 cm³/mol. The smallest absolute Gasteiger partial charge is 0.274 e. The van der Waals surface area contributed by atoms with Gasteiger partial charge in [0, 0.05) is 17.0 Å². The molecule has 6 nitrogen and oxygen atoms in total. The molecule has 1 saturated carbocycles. The Balaban J connectivity index is 1.86. The molecule has 0 unspecified atom stereocenters. The van der Waals surface area contributed by atoms with Gasteiger partial charge in [0.2, 0.25) is 0 Å². The van der Waals surface area contributed by atoms with Crippen molar-refractivity contribution in [3.63, 3.8) is 0 Å². The van der Waals surface area contributed by atoms with Crippen molar-refractivity contribution in [1.29, 1.82) is 0 Å². The number of fused-ring (bicyclic) bond motifs is 4. The summed E-state index contributed by atoms with van der Waals surface area (Å²) in [6.45, 7) is 4.28. The monoisotopic (exact) mass is 393 g/mol. The summed E-state index contributed by atoms with van der Waals surface area (Å²) in [5.41, 5.74) is 3.76. The van der Waals surface area contributed by atoms with Gasteiger partial charge in [-0.15, -0.1) is 0 Å². The lowest BCUT2D eigenvalue weighted by molar-refractivity contribution is 0.413. The van der Waals surface area contributed by atoms with Gasteiger partial charge < -0.3 is 9.40 Å². The first-order chi connectivity index (χ1) is 14.0. The van der Waals surface area contributed by atoms with E-state index in [2.05, 4.69) is 28.6 Å². The molecule has 1 aromatic carbocycles. The van der Waals surface area contributed by atoms with E-state index >= 15 is 0 Å². The fourth-order valence-corrected chi connectivity index (χ4v) is 4.89. The second-order valence-electron chi connectivity index (χ2n) is 8.85. The van der Waals surface area contributed by atoms with Gasteiger partial charge in [0.25, 0.3) is 5.56 Å². The summed E-state index contributed by atoms with van der Waals surface area (Å²) in [6, 6.07) is 5.20. The first-order valence-electron chi connectivity index (χ1n) is 10.7. The number of benzene rings is 1. The Morgan fingerprint density at radius 2 is 1.90 bits per heavy atom. The van der Waals surface area contributed by atoms with Crippen LogP contribution in [-0.2, 0) is 6.42 Å². The molecule has 0 atom stereocenters. The average Bonchev–Trinajstić information content (AvgIpc) is 3.05. The third kappa shape index (κ3) is 3.02. The van der Waals surface area contributed by atoms with Crippen LogP contribution in [0.25, 0.3) is 33.1 Å². The highest BCUT2D eigenvalue weighted by Gasteiger charge is 2.24. The number of H-pyrrole nitrogens is 2. The molecule has 3 aromatic heterocycles. The van der Waals surface area contributed by atoms with Crippen LogP contribution in [0.2, 0.25) is 0 Å². The Morgan fingerprint density at radius 3 is 2.62 bits per heavy atom. The summed E-state index contributed by atoms with van der Waals surface area (Å²) < 4.78 is 8.17. The molecule has 2 N–H and O–H groups in total. The lowest BCUT2D eigenvalue weighted by atomic mass is 10.00. The fraction of sp³-hybridized carbons (Fsp3) is 0.478. The molecule has 0 amide bonds. The van der Waals surface area contributed by atoms with Gasteiger partial charge in [-0.2, -0.15) is 0 Å². The summed E-state index contributed by atoms with van der Waals surface area (Å²) in [6.07, 6.45) is 7.80. The Hall–Kier alpha value is -2.76. The summed E-state index contributed by atoms with van der Waals surface area (Å²) in [5.74, 6) is 0.368. The summed E-state index contributed by atoms with van der Waals surface area (Å²) in [7, 11) is 0. The lowest BCUT2D eigenvalue weighted by Gasteiger charge is -2.17. The number of rotatable bonds is 3. The van der Waals surface area contributed by atoms with E-state index in [-0.39, 0.29) is 11.0 Å². The molecule has 4 aromatic rings. The maximum Gasteiger partial charge on any atom is 0.274 e. The third-order valence-electron chi connectivity index (χ3n) is 6.21. The molecule has 0 bridgehead atoms. The van der Waals surface area contributed by atoms with Crippen molar-refractivity contribution in [1.82, 2.24) is 14.8 Å². The topological polar surface area (TPSA) is 83.8 Å². The molecule has 0 aliphatic heterocycles. The van der Waals surface area contributed by atoms with Crippen molar-refractivity contribution in [2.75, 3.05) is 0 Å². The van der Waals surface area contributed by atoms with Crippen LogP contribution < -0.4 is 11.0 Å². The van der Waals surface area contributed by atoms with Crippen LogP contribution >= 0.6 is 0 Å². The van der Waals surface area contributed by atoms with Crippen LogP contribution in [0.5, 0.6) is 0 Å². The molecular weight excluding hydrogens is 366 g/mol. The zero-order valence-corrected chi connectivity index (χ0v) is 17.0. The van der Waals surface area contributed by atoms with Crippen LogP contribution in [0.3, 0.4) is 0 Å². The molecule has 0 spiro atoms. The zero-order valence-electron chi connectivity index (χ0n) is 17.0. The van der Waals surface area contributed by atoms with Gasteiger partial charge in [-0.05, 0) is 37.3 Å². The maximum absolute atomic E-state index is 13.1. The molecule has 29 heavy (non-hydrogen) atoms. The normalized spacial score (nSPS) is 16.4. The van der Waals surface area contributed by atoms with E-state index in [9.17, 15) is 9.59 Å². The van der Waals surface area contributed by atoms with Crippen molar-refractivity contribution in [3.8, 4) is 0 Å². The molecular formula is C23H27N3O3. The molecule has 1 fully saturated rings.